The van der Waals surface area contributed by atoms with Crippen LogP contribution in [0.15, 0.2) is 48.1 Å². The van der Waals surface area contributed by atoms with Crippen molar-refractivity contribution >= 4 is 40.2 Å². The van der Waals surface area contributed by atoms with Crippen molar-refractivity contribution in [1.29, 1.82) is 0 Å². The third-order valence-corrected chi connectivity index (χ3v) is 7.17. The van der Waals surface area contributed by atoms with Crippen molar-refractivity contribution in [2.45, 2.75) is 12.6 Å². The highest BCUT2D eigenvalue weighted by Gasteiger charge is 2.28. The van der Waals surface area contributed by atoms with Crippen molar-refractivity contribution in [3.8, 4) is 22.6 Å². The first-order valence-corrected chi connectivity index (χ1v) is 13.0. The molecular weight excluding hydrogens is 545 g/mol. The molecular formula is C27H31Cl2N5O5. The van der Waals surface area contributed by atoms with E-state index in [0.29, 0.717) is 60.3 Å². The predicted molar refractivity (Wildman–Crippen MR) is 153 cm³/mol. The molecule has 0 amide bonds. The molecule has 1 aromatic carbocycles. The lowest BCUT2D eigenvalue weighted by Crippen LogP contribution is -2.51. The standard InChI is InChI=1S/C27H31Cl2N5O5/c1-6-16(2)33-14-18(15-33)39-10-8-34-25-17(13-31-27(32-25)30-7-9-36-3)11-19(26(34)35)22-23(28)20(37-4)12-21(38-5)24(22)29/h6,11-13,18H,1-2,7-10,14-15H2,3-5H3,(H,30,31,32). The van der Waals surface area contributed by atoms with Gasteiger partial charge in [0.2, 0.25) is 5.95 Å². The van der Waals surface area contributed by atoms with Gasteiger partial charge < -0.3 is 29.2 Å². The molecule has 2 aromatic heterocycles. The van der Waals surface area contributed by atoms with Crippen LogP contribution in [0.4, 0.5) is 5.95 Å². The summed E-state index contributed by atoms with van der Waals surface area (Å²) in [5.41, 5.74) is 1.52. The normalized spacial score (nSPS) is 13.3. The average Bonchev–Trinajstić information content (AvgIpc) is 2.91. The van der Waals surface area contributed by atoms with Crippen LogP contribution in [0.1, 0.15) is 0 Å². The molecule has 208 valence electrons. The van der Waals surface area contributed by atoms with Crippen molar-refractivity contribution < 1.29 is 18.9 Å². The van der Waals surface area contributed by atoms with Crippen molar-refractivity contribution in [3.05, 3.63) is 63.7 Å². The smallest absolute Gasteiger partial charge is 0.260 e. The quantitative estimate of drug-likeness (QED) is 0.237. The molecule has 0 atom stereocenters. The molecule has 1 aliphatic rings. The van der Waals surface area contributed by atoms with E-state index in [0.717, 1.165) is 5.70 Å². The highest BCUT2D eigenvalue weighted by molar-refractivity contribution is 6.41. The van der Waals surface area contributed by atoms with Crippen molar-refractivity contribution in [3.63, 3.8) is 0 Å². The number of allylic oxidation sites excluding steroid dienone is 1. The number of benzene rings is 1. The Balaban J connectivity index is 1.74. The third kappa shape index (κ3) is 5.99. The van der Waals surface area contributed by atoms with Gasteiger partial charge in [-0.25, -0.2) is 4.98 Å². The van der Waals surface area contributed by atoms with E-state index < -0.39 is 0 Å². The van der Waals surface area contributed by atoms with E-state index in [9.17, 15) is 4.79 Å². The SMILES string of the molecule is C=CC(=C)N1CC(OCCn2c(=O)c(-c3c(Cl)c(OC)cc(OC)c3Cl)cc3cnc(NCCOC)nc32)C1. The molecule has 1 saturated heterocycles. The lowest BCUT2D eigenvalue weighted by atomic mass is 10.0. The number of hydrogen-bond donors (Lipinski definition) is 1. The van der Waals surface area contributed by atoms with Crippen molar-refractivity contribution in [2.24, 2.45) is 0 Å². The summed E-state index contributed by atoms with van der Waals surface area (Å²) in [5.74, 6) is 1.02. The number of nitrogens with one attached hydrogen (secondary N) is 1. The number of fused-ring (bicyclic) bond motifs is 1. The summed E-state index contributed by atoms with van der Waals surface area (Å²) in [4.78, 5) is 25.1. The summed E-state index contributed by atoms with van der Waals surface area (Å²) in [6, 6.07) is 3.25. The maximum Gasteiger partial charge on any atom is 0.260 e. The molecule has 1 aliphatic heterocycles. The first-order chi connectivity index (χ1) is 18.8. The zero-order chi connectivity index (χ0) is 28.1. The minimum atomic E-state index is -0.345. The van der Waals surface area contributed by atoms with Crippen LogP contribution in [0.3, 0.4) is 0 Å². The molecule has 0 saturated carbocycles. The molecule has 3 heterocycles. The van der Waals surface area contributed by atoms with Crippen molar-refractivity contribution in [2.75, 3.05) is 59.5 Å². The van der Waals surface area contributed by atoms with Crippen molar-refractivity contribution in [1.82, 2.24) is 19.4 Å². The van der Waals surface area contributed by atoms with Gasteiger partial charge in [0, 0.05) is 55.7 Å². The Hall–Kier alpha value is -3.31. The third-order valence-electron chi connectivity index (χ3n) is 6.42. The Labute approximate surface area is 236 Å². The van der Waals surface area contributed by atoms with Gasteiger partial charge in [-0.2, -0.15) is 4.98 Å². The van der Waals surface area contributed by atoms with E-state index in [-0.39, 0.29) is 40.4 Å². The number of hydrogen-bond acceptors (Lipinski definition) is 9. The molecule has 3 aromatic rings. The van der Waals surface area contributed by atoms with Gasteiger partial charge in [0.15, 0.2) is 0 Å². The minimum Gasteiger partial charge on any atom is -0.495 e. The van der Waals surface area contributed by atoms with Gasteiger partial charge in [0.1, 0.15) is 17.1 Å². The van der Waals surface area contributed by atoms with Gasteiger partial charge in [0.05, 0.1) is 55.7 Å². The first-order valence-electron chi connectivity index (χ1n) is 12.2. The van der Waals surface area contributed by atoms with Crippen LogP contribution in [-0.4, -0.2) is 79.7 Å². The second-order valence-electron chi connectivity index (χ2n) is 8.78. The van der Waals surface area contributed by atoms with E-state index in [1.165, 1.54) is 14.2 Å². The van der Waals surface area contributed by atoms with Crippen LogP contribution in [0.2, 0.25) is 10.0 Å². The molecule has 0 spiro atoms. The number of ether oxygens (including phenoxy) is 4. The Morgan fingerprint density at radius 3 is 2.46 bits per heavy atom. The van der Waals surface area contributed by atoms with E-state index in [4.69, 9.17) is 42.1 Å². The number of nitrogens with zero attached hydrogens (tertiary/aromatic N) is 4. The second kappa shape index (κ2) is 12.7. The molecule has 0 radical (unpaired) electrons. The van der Waals surface area contributed by atoms with Gasteiger partial charge in [-0.3, -0.25) is 9.36 Å². The molecule has 1 N–H and O–H groups in total. The molecule has 0 bridgehead atoms. The van der Waals surface area contributed by atoms with Crippen LogP contribution in [0.5, 0.6) is 11.5 Å². The largest absolute Gasteiger partial charge is 0.495 e. The van der Waals surface area contributed by atoms with Gasteiger partial charge in [-0.15, -0.1) is 0 Å². The Bertz CT molecular complexity index is 1410. The summed E-state index contributed by atoms with van der Waals surface area (Å²) < 4.78 is 23.5. The van der Waals surface area contributed by atoms with Gasteiger partial charge in [-0.05, 0) is 12.1 Å². The van der Waals surface area contributed by atoms with Crippen LogP contribution < -0.4 is 20.3 Å². The fourth-order valence-electron chi connectivity index (χ4n) is 4.24. The van der Waals surface area contributed by atoms with Crippen LogP contribution in [0, 0.1) is 0 Å². The fraction of sp³-hybridized carbons (Fsp3) is 0.370. The van der Waals surface area contributed by atoms with E-state index >= 15 is 0 Å². The average molecular weight is 576 g/mol. The number of pyridine rings is 1. The molecule has 0 unspecified atom stereocenters. The van der Waals surface area contributed by atoms with E-state index in [1.807, 2.05) is 0 Å². The molecule has 39 heavy (non-hydrogen) atoms. The molecule has 12 heteroatoms. The zero-order valence-electron chi connectivity index (χ0n) is 22.1. The summed E-state index contributed by atoms with van der Waals surface area (Å²) in [6.45, 7) is 10.7. The predicted octanol–water partition coefficient (Wildman–Crippen LogP) is 4.24. The molecule has 10 nitrogen and oxygen atoms in total. The van der Waals surface area contributed by atoms with Crippen LogP contribution >= 0.6 is 23.2 Å². The molecule has 4 rings (SSSR count). The first kappa shape index (κ1) is 28.7. The lowest BCUT2D eigenvalue weighted by molar-refractivity contribution is -0.0403. The summed E-state index contributed by atoms with van der Waals surface area (Å²) in [6.07, 6.45) is 3.39. The lowest BCUT2D eigenvalue weighted by Gasteiger charge is -2.40. The summed E-state index contributed by atoms with van der Waals surface area (Å²) in [5, 5.41) is 4.11. The van der Waals surface area contributed by atoms with Crippen LogP contribution in [-0.2, 0) is 16.0 Å². The van der Waals surface area contributed by atoms with E-state index in [1.54, 1.807) is 36.1 Å². The Morgan fingerprint density at radius 2 is 1.85 bits per heavy atom. The Morgan fingerprint density at radius 1 is 1.15 bits per heavy atom. The number of likely N-dealkylation sites (tertiary alicyclic amines) is 1. The van der Waals surface area contributed by atoms with Gasteiger partial charge >= 0.3 is 0 Å². The number of aromatic nitrogens is 3. The number of halogens is 2. The number of anilines is 1. The summed E-state index contributed by atoms with van der Waals surface area (Å²) in [7, 11) is 4.57. The summed E-state index contributed by atoms with van der Waals surface area (Å²) >= 11 is 13.3. The maximum absolute atomic E-state index is 14.0. The highest BCUT2D eigenvalue weighted by atomic mass is 35.5. The minimum absolute atomic E-state index is 0.0271. The second-order valence-corrected chi connectivity index (χ2v) is 9.54. The highest BCUT2D eigenvalue weighted by Crippen LogP contribution is 2.45. The molecule has 0 aliphatic carbocycles. The topological polar surface area (TPSA) is 100.0 Å². The fourth-order valence-corrected chi connectivity index (χ4v) is 4.94. The number of methoxy groups -OCH3 is 3. The monoisotopic (exact) mass is 575 g/mol. The Kier molecular flexibility index (Phi) is 9.34. The van der Waals surface area contributed by atoms with E-state index in [2.05, 4.69) is 33.3 Å². The van der Waals surface area contributed by atoms with Crippen LogP contribution in [0.25, 0.3) is 22.2 Å². The maximum atomic E-state index is 14.0. The van der Waals surface area contributed by atoms with Gasteiger partial charge in [0.25, 0.3) is 5.56 Å². The number of rotatable bonds is 13. The molecule has 1 fully saturated rings. The zero-order valence-corrected chi connectivity index (χ0v) is 23.6. The van der Waals surface area contributed by atoms with Gasteiger partial charge in [-0.1, -0.05) is 36.4 Å².